The SMILES string of the molecule is ClC[C@H]1CC(C2CCCCC2)=NO1. The van der Waals surface area contributed by atoms with Crippen LogP contribution in [0.2, 0.25) is 0 Å². The highest BCUT2D eigenvalue weighted by Gasteiger charge is 2.27. The van der Waals surface area contributed by atoms with Gasteiger partial charge in [0.1, 0.15) is 6.10 Å². The largest absolute Gasteiger partial charge is 0.391 e. The molecule has 1 heterocycles. The standard InChI is InChI=1S/C10H16ClNO/c11-7-9-6-10(12-13-9)8-4-2-1-3-5-8/h8-9H,1-7H2/t9-/m1/s1. The van der Waals surface area contributed by atoms with Crippen LogP contribution in [0.1, 0.15) is 38.5 Å². The number of nitrogens with zero attached hydrogens (tertiary/aromatic N) is 1. The molecule has 0 spiro atoms. The van der Waals surface area contributed by atoms with Crippen molar-refractivity contribution in [1.82, 2.24) is 0 Å². The summed E-state index contributed by atoms with van der Waals surface area (Å²) in [5, 5.41) is 4.14. The second-order valence-electron chi connectivity index (χ2n) is 4.00. The van der Waals surface area contributed by atoms with Crippen molar-refractivity contribution < 1.29 is 4.84 Å². The molecule has 1 atom stereocenters. The quantitative estimate of drug-likeness (QED) is 0.630. The third kappa shape index (κ3) is 2.16. The fraction of sp³-hybridized carbons (Fsp3) is 0.900. The van der Waals surface area contributed by atoms with Crippen LogP contribution in [-0.2, 0) is 4.84 Å². The average Bonchev–Trinajstić information content (AvgIpc) is 2.67. The van der Waals surface area contributed by atoms with Crippen molar-refractivity contribution in [3.8, 4) is 0 Å². The zero-order valence-electron chi connectivity index (χ0n) is 7.84. The lowest BCUT2D eigenvalue weighted by atomic mass is 9.84. The second kappa shape index (κ2) is 4.32. The van der Waals surface area contributed by atoms with E-state index < -0.39 is 0 Å². The van der Waals surface area contributed by atoms with Crippen molar-refractivity contribution in [3.05, 3.63) is 0 Å². The summed E-state index contributed by atoms with van der Waals surface area (Å²) in [5.41, 5.74) is 1.27. The minimum absolute atomic E-state index is 0.151. The van der Waals surface area contributed by atoms with E-state index in [1.54, 1.807) is 0 Å². The molecule has 0 aromatic rings. The molecule has 0 bridgehead atoms. The third-order valence-electron chi connectivity index (χ3n) is 3.00. The molecular formula is C10H16ClNO. The number of alkyl halides is 1. The molecule has 2 nitrogen and oxygen atoms in total. The lowest BCUT2D eigenvalue weighted by Crippen LogP contribution is -2.18. The first-order valence-electron chi connectivity index (χ1n) is 5.18. The van der Waals surface area contributed by atoms with Crippen LogP contribution in [0, 0.1) is 5.92 Å². The highest BCUT2D eigenvalue weighted by molar-refractivity contribution is 6.18. The summed E-state index contributed by atoms with van der Waals surface area (Å²) in [6.45, 7) is 0. The highest BCUT2D eigenvalue weighted by Crippen LogP contribution is 2.29. The average molecular weight is 202 g/mol. The highest BCUT2D eigenvalue weighted by atomic mass is 35.5. The molecule has 1 fully saturated rings. The van der Waals surface area contributed by atoms with E-state index in [0.29, 0.717) is 11.8 Å². The smallest absolute Gasteiger partial charge is 0.146 e. The van der Waals surface area contributed by atoms with Gasteiger partial charge in [-0.1, -0.05) is 24.4 Å². The lowest BCUT2D eigenvalue weighted by molar-refractivity contribution is 0.102. The Labute approximate surface area is 84.3 Å². The van der Waals surface area contributed by atoms with E-state index in [0.717, 1.165) is 6.42 Å². The molecule has 2 aliphatic rings. The Morgan fingerprint density at radius 1 is 1.31 bits per heavy atom. The minimum Gasteiger partial charge on any atom is -0.391 e. The van der Waals surface area contributed by atoms with Gasteiger partial charge in [0.25, 0.3) is 0 Å². The maximum atomic E-state index is 5.71. The molecule has 0 aromatic heterocycles. The number of halogens is 1. The van der Waals surface area contributed by atoms with Gasteiger partial charge in [-0.15, -0.1) is 11.6 Å². The first-order chi connectivity index (χ1) is 6.40. The second-order valence-corrected chi connectivity index (χ2v) is 4.31. The number of hydrogen-bond donors (Lipinski definition) is 0. The molecule has 0 unspecified atom stereocenters. The number of hydrogen-bond acceptors (Lipinski definition) is 2. The maximum absolute atomic E-state index is 5.71. The van der Waals surface area contributed by atoms with Crippen LogP contribution >= 0.6 is 11.6 Å². The van der Waals surface area contributed by atoms with E-state index in [9.17, 15) is 0 Å². The van der Waals surface area contributed by atoms with E-state index in [1.807, 2.05) is 0 Å². The topological polar surface area (TPSA) is 21.6 Å². The van der Waals surface area contributed by atoms with Gasteiger partial charge < -0.3 is 4.84 Å². The Kier molecular flexibility index (Phi) is 3.09. The first-order valence-corrected chi connectivity index (χ1v) is 5.72. The van der Waals surface area contributed by atoms with Crippen molar-refractivity contribution in [2.75, 3.05) is 5.88 Å². The van der Waals surface area contributed by atoms with E-state index in [2.05, 4.69) is 5.16 Å². The Morgan fingerprint density at radius 2 is 2.08 bits per heavy atom. The minimum atomic E-state index is 0.151. The Morgan fingerprint density at radius 3 is 2.69 bits per heavy atom. The Bertz CT molecular complexity index is 199. The monoisotopic (exact) mass is 201 g/mol. The van der Waals surface area contributed by atoms with Gasteiger partial charge in [0.15, 0.2) is 0 Å². The van der Waals surface area contributed by atoms with Crippen LogP contribution in [0.3, 0.4) is 0 Å². The van der Waals surface area contributed by atoms with Crippen LogP contribution in [0.25, 0.3) is 0 Å². The van der Waals surface area contributed by atoms with Crippen LogP contribution < -0.4 is 0 Å². The summed E-state index contributed by atoms with van der Waals surface area (Å²) >= 11 is 5.71. The van der Waals surface area contributed by atoms with E-state index >= 15 is 0 Å². The Hall–Kier alpha value is -0.240. The van der Waals surface area contributed by atoms with Crippen molar-refractivity contribution in [3.63, 3.8) is 0 Å². The molecule has 74 valence electrons. The maximum Gasteiger partial charge on any atom is 0.146 e. The predicted octanol–water partition coefficient (Wildman–Crippen LogP) is 2.95. The number of oxime groups is 1. The van der Waals surface area contributed by atoms with Crippen molar-refractivity contribution >= 4 is 17.3 Å². The van der Waals surface area contributed by atoms with Crippen LogP contribution in [0.5, 0.6) is 0 Å². The molecule has 0 saturated heterocycles. The molecule has 0 radical (unpaired) electrons. The van der Waals surface area contributed by atoms with Crippen LogP contribution in [0.4, 0.5) is 0 Å². The van der Waals surface area contributed by atoms with E-state index in [1.165, 1.54) is 37.8 Å². The van der Waals surface area contributed by atoms with Gasteiger partial charge in [-0.05, 0) is 12.8 Å². The summed E-state index contributed by atoms with van der Waals surface area (Å²) in [6, 6.07) is 0. The third-order valence-corrected chi connectivity index (χ3v) is 3.35. The summed E-state index contributed by atoms with van der Waals surface area (Å²) < 4.78 is 0. The summed E-state index contributed by atoms with van der Waals surface area (Å²) in [4.78, 5) is 5.22. The predicted molar refractivity (Wildman–Crippen MR) is 54.2 cm³/mol. The van der Waals surface area contributed by atoms with Crippen molar-refractivity contribution in [1.29, 1.82) is 0 Å². The van der Waals surface area contributed by atoms with Gasteiger partial charge >= 0.3 is 0 Å². The molecule has 1 aliphatic heterocycles. The Balaban J connectivity index is 1.87. The summed E-state index contributed by atoms with van der Waals surface area (Å²) in [6.07, 6.45) is 7.83. The van der Waals surface area contributed by atoms with Crippen molar-refractivity contribution in [2.45, 2.75) is 44.6 Å². The summed E-state index contributed by atoms with van der Waals surface area (Å²) in [7, 11) is 0. The molecule has 3 heteroatoms. The molecular weight excluding hydrogens is 186 g/mol. The van der Waals surface area contributed by atoms with Crippen molar-refractivity contribution in [2.24, 2.45) is 11.1 Å². The summed E-state index contributed by atoms with van der Waals surface area (Å²) in [5.74, 6) is 1.27. The van der Waals surface area contributed by atoms with Gasteiger partial charge in [-0.3, -0.25) is 0 Å². The van der Waals surface area contributed by atoms with Gasteiger partial charge in [0, 0.05) is 12.3 Å². The normalized spacial score (nSPS) is 29.9. The van der Waals surface area contributed by atoms with Crippen LogP contribution in [-0.4, -0.2) is 17.7 Å². The zero-order chi connectivity index (χ0) is 9.10. The lowest BCUT2D eigenvalue weighted by Gasteiger charge is -2.20. The van der Waals surface area contributed by atoms with E-state index in [4.69, 9.17) is 16.4 Å². The van der Waals surface area contributed by atoms with Gasteiger partial charge in [-0.25, -0.2) is 0 Å². The molecule has 1 saturated carbocycles. The molecule has 13 heavy (non-hydrogen) atoms. The zero-order valence-corrected chi connectivity index (χ0v) is 8.59. The molecule has 0 N–H and O–H groups in total. The van der Waals surface area contributed by atoms with Gasteiger partial charge in [-0.2, -0.15) is 0 Å². The molecule has 1 aliphatic carbocycles. The van der Waals surface area contributed by atoms with Crippen LogP contribution in [0.15, 0.2) is 5.16 Å². The fourth-order valence-electron chi connectivity index (χ4n) is 2.21. The number of rotatable bonds is 2. The first kappa shape index (κ1) is 9.32. The molecule has 0 aromatic carbocycles. The fourth-order valence-corrected chi connectivity index (χ4v) is 2.38. The molecule has 0 amide bonds. The van der Waals surface area contributed by atoms with E-state index in [-0.39, 0.29) is 6.10 Å². The van der Waals surface area contributed by atoms with Gasteiger partial charge in [0.05, 0.1) is 11.6 Å². The van der Waals surface area contributed by atoms with Gasteiger partial charge in [0.2, 0.25) is 0 Å². The molecule has 2 rings (SSSR count).